The van der Waals surface area contributed by atoms with Crippen molar-refractivity contribution in [2.45, 2.75) is 19.9 Å². The number of benzene rings is 1. The number of anilines is 1. The van der Waals surface area contributed by atoms with Crippen LogP contribution in [-0.2, 0) is 0 Å². The highest BCUT2D eigenvalue weighted by Gasteiger charge is 2.18. The van der Waals surface area contributed by atoms with Gasteiger partial charge in [-0.15, -0.1) is 11.3 Å². The number of nitro benzene ring substituents is 1. The number of nitro groups is 1. The van der Waals surface area contributed by atoms with Gasteiger partial charge < -0.3 is 10.1 Å². The van der Waals surface area contributed by atoms with E-state index >= 15 is 0 Å². The smallest absolute Gasteiger partial charge is 0.296 e. The van der Waals surface area contributed by atoms with Crippen molar-refractivity contribution in [2.24, 2.45) is 0 Å². The number of thiophene rings is 1. The van der Waals surface area contributed by atoms with Crippen LogP contribution in [0.3, 0.4) is 0 Å². The second-order valence-electron chi connectivity index (χ2n) is 4.47. The Balaban J connectivity index is 2.29. The summed E-state index contributed by atoms with van der Waals surface area (Å²) in [5.74, 6) is 0.474. The highest BCUT2D eigenvalue weighted by Crippen LogP contribution is 2.33. The average molecular weight is 292 g/mol. The van der Waals surface area contributed by atoms with E-state index in [1.54, 1.807) is 23.5 Å². The second kappa shape index (κ2) is 5.92. The predicted octanol–water partition coefficient (Wildman–Crippen LogP) is 4.15. The average Bonchev–Trinajstić information content (AvgIpc) is 2.85. The Kier molecular flexibility index (Phi) is 4.24. The molecule has 0 amide bonds. The van der Waals surface area contributed by atoms with Crippen LogP contribution in [0.15, 0.2) is 29.6 Å². The molecule has 0 fully saturated rings. The number of methoxy groups -OCH3 is 1. The zero-order valence-electron chi connectivity index (χ0n) is 11.5. The Bertz CT molecular complexity index is 625. The molecule has 0 spiro atoms. The first kappa shape index (κ1) is 14.3. The lowest BCUT2D eigenvalue weighted by molar-refractivity contribution is -0.384. The zero-order chi connectivity index (χ0) is 14.7. The number of nitrogens with one attached hydrogen (secondary N) is 1. The minimum absolute atomic E-state index is 0.0158. The van der Waals surface area contributed by atoms with E-state index in [4.69, 9.17) is 4.74 Å². The van der Waals surface area contributed by atoms with E-state index in [9.17, 15) is 10.1 Å². The van der Waals surface area contributed by atoms with Gasteiger partial charge in [-0.1, -0.05) is 0 Å². The topological polar surface area (TPSA) is 64.4 Å². The van der Waals surface area contributed by atoms with Crippen molar-refractivity contribution in [1.29, 1.82) is 0 Å². The van der Waals surface area contributed by atoms with E-state index in [2.05, 4.69) is 5.32 Å². The quantitative estimate of drug-likeness (QED) is 0.664. The van der Waals surface area contributed by atoms with Crippen molar-refractivity contribution < 1.29 is 9.66 Å². The Hall–Kier alpha value is -2.08. The number of hydrogen-bond acceptors (Lipinski definition) is 5. The standard InChI is InChI=1S/C14H16N2O3S/c1-9-6-7-20-14(9)10(2)15-12-5-4-11(19-3)8-13(12)16(17)18/h4-8,10,15H,1-3H3. The summed E-state index contributed by atoms with van der Waals surface area (Å²) >= 11 is 1.64. The molecule has 1 unspecified atom stereocenters. The molecule has 0 radical (unpaired) electrons. The van der Waals surface area contributed by atoms with Crippen molar-refractivity contribution >= 4 is 22.7 Å². The van der Waals surface area contributed by atoms with E-state index in [0.29, 0.717) is 11.4 Å². The summed E-state index contributed by atoms with van der Waals surface area (Å²) in [5, 5.41) is 16.4. The van der Waals surface area contributed by atoms with Crippen LogP contribution in [0, 0.1) is 17.0 Å². The van der Waals surface area contributed by atoms with Crippen LogP contribution < -0.4 is 10.1 Å². The fourth-order valence-electron chi connectivity index (χ4n) is 2.04. The van der Waals surface area contributed by atoms with Crippen LogP contribution in [0.2, 0.25) is 0 Å². The van der Waals surface area contributed by atoms with Crippen LogP contribution in [0.5, 0.6) is 5.75 Å². The lowest BCUT2D eigenvalue weighted by Crippen LogP contribution is -2.08. The van der Waals surface area contributed by atoms with Crippen LogP contribution in [0.1, 0.15) is 23.4 Å². The van der Waals surface area contributed by atoms with E-state index in [-0.39, 0.29) is 11.7 Å². The lowest BCUT2D eigenvalue weighted by atomic mass is 10.1. The largest absolute Gasteiger partial charge is 0.496 e. The molecule has 0 aliphatic carbocycles. The van der Waals surface area contributed by atoms with E-state index in [0.717, 1.165) is 0 Å². The fraction of sp³-hybridized carbons (Fsp3) is 0.286. The number of hydrogen-bond donors (Lipinski definition) is 1. The highest BCUT2D eigenvalue weighted by atomic mass is 32.1. The number of nitrogens with zero attached hydrogens (tertiary/aromatic N) is 1. The van der Waals surface area contributed by atoms with Crippen LogP contribution in [0.25, 0.3) is 0 Å². The normalized spacial score (nSPS) is 11.9. The van der Waals surface area contributed by atoms with Gasteiger partial charge in [-0.3, -0.25) is 10.1 Å². The molecule has 2 aromatic rings. The van der Waals surface area contributed by atoms with Crippen LogP contribution in [0.4, 0.5) is 11.4 Å². The van der Waals surface area contributed by atoms with Gasteiger partial charge in [0.05, 0.1) is 24.1 Å². The minimum atomic E-state index is -0.404. The molecule has 0 aliphatic rings. The summed E-state index contributed by atoms with van der Waals surface area (Å²) in [4.78, 5) is 11.9. The molecule has 0 saturated heterocycles. The zero-order valence-corrected chi connectivity index (χ0v) is 12.4. The SMILES string of the molecule is COc1ccc(NC(C)c2sccc2C)c([N+](=O)[O-])c1. The van der Waals surface area contributed by atoms with Gasteiger partial charge in [0.2, 0.25) is 0 Å². The van der Waals surface area contributed by atoms with Gasteiger partial charge in [-0.05, 0) is 43.0 Å². The number of aryl methyl sites for hydroxylation is 1. The molecule has 1 heterocycles. The Morgan fingerprint density at radius 3 is 2.70 bits per heavy atom. The Morgan fingerprint density at radius 2 is 2.15 bits per heavy atom. The molecule has 6 heteroatoms. The minimum Gasteiger partial charge on any atom is -0.496 e. The first-order valence-corrected chi connectivity index (χ1v) is 7.04. The van der Waals surface area contributed by atoms with Gasteiger partial charge >= 0.3 is 0 Å². The number of ether oxygens (including phenoxy) is 1. The van der Waals surface area contributed by atoms with E-state index < -0.39 is 4.92 Å². The maximum Gasteiger partial charge on any atom is 0.296 e. The second-order valence-corrected chi connectivity index (χ2v) is 5.42. The summed E-state index contributed by atoms with van der Waals surface area (Å²) in [7, 11) is 1.49. The third-order valence-electron chi connectivity index (χ3n) is 3.07. The maximum absolute atomic E-state index is 11.1. The molecule has 0 saturated carbocycles. The van der Waals surface area contributed by atoms with Gasteiger partial charge in [-0.2, -0.15) is 0 Å². The van der Waals surface area contributed by atoms with E-state index in [1.807, 2.05) is 25.3 Å². The molecule has 5 nitrogen and oxygen atoms in total. The third kappa shape index (κ3) is 2.91. The molecule has 1 aromatic heterocycles. The summed E-state index contributed by atoms with van der Waals surface area (Å²) in [6.45, 7) is 4.03. The molecule has 1 aromatic carbocycles. The molecular formula is C14H16N2O3S. The van der Waals surface area contributed by atoms with Gasteiger partial charge in [0.1, 0.15) is 11.4 Å². The van der Waals surface area contributed by atoms with Gasteiger partial charge in [-0.25, -0.2) is 0 Å². The third-order valence-corrected chi connectivity index (χ3v) is 4.27. The number of rotatable bonds is 5. The molecule has 1 atom stereocenters. The Morgan fingerprint density at radius 1 is 1.40 bits per heavy atom. The monoisotopic (exact) mass is 292 g/mol. The Labute approximate surface area is 121 Å². The first-order chi connectivity index (χ1) is 9.52. The predicted molar refractivity (Wildman–Crippen MR) is 80.7 cm³/mol. The van der Waals surface area contributed by atoms with Crippen molar-refractivity contribution in [2.75, 3.05) is 12.4 Å². The van der Waals surface area contributed by atoms with Gasteiger partial charge in [0, 0.05) is 4.88 Å². The molecule has 0 aliphatic heterocycles. The molecule has 2 rings (SSSR count). The summed E-state index contributed by atoms with van der Waals surface area (Å²) < 4.78 is 5.03. The van der Waals surface area contributed by atoms with Gasteiger partial charge in [0.25, 0.3) is 5.69 Å². The van der Waals surface area contributed by atoms with Crippen LogP contribution >= 0.6 is 11.3 Å². The van der Waals surface area contributed by atoms with Crippen molar-refractivity contribution in [3.05, 3.63) is 50.2 Å². The fourth-order valence-corrected chi connectivity index (χ4v) is 2.97. The molecule has 0 bridgehead atoms. The summed E-state index contributed by atoms with van der Waals surface area (Å²) in [5.41, 5.74) is 1.70. The summed E-state index contributed by atoms with van der Waals surface area (Å²) in [6.07, 6.45) is 0. The highest BCUT2D eigenvalue weighted by molar-refractivity contribution is 7.10. The van der Waals surface area contributed by atoms with E-state index in [1.165, 1.54) is 23.6 Å². The van der Waals surface area contributed by atoms with Crippen LogP contribution in [-0.4, -0.2) is 12.0 Å². The molecule has 1 N–H and O–H groups in total. The first-order valence-electron chi connectivity index (χ1n) is 6.16. The van der Waals surface area contributed by atoms with Crippen molar-refractivity contribution in [1.82, 2.24) is 0 Å². The van der Waals surface area contributed by atoms with Gasteiger partial charge in [0.15, 0.2) is 0 Å². The molecule has 106 valence electrons. The molecule has 20 heavy (non-hydrogen) atoms. The summed E-state index contributed by atoms with van der Waals surface area (Å²) in [6, 6.07) is 6.87. The van der Waals surface area contributed by atoms with Crippen molar-refractivity contribution in [3.8, 4) is 5.75 Å². The molecular weight excluding hydrogens is 276 g/mol. The maximum atomic E-state index is 11.1. The van der Waals surface area contributed by atoms with Crippen molar-refractivity contribution in [3.63, 3.8) is 0 Å². The lowest BCUT2D eigenvalue weighted by Gasteiger charge is -2.15.